The van der Waals surface area contributed by atoms with Crippen LogP contribution in [0.2, 0.25) is 0 Å². The van der Waals surface area contributed by atoms with Crippen LogP contribution in [0.5, 0.6) is 0 Å². The van der Waals surface area contributed by atoms with Crippen molar-refractivity contribution in [3.05, 3.63) is 22.8 Å². The number of hydrogen-bond donors (Lipinski definition) is 0. The highest BCUT2D eigenvalue weighted by Gasteiger charge is 2.20. The lowest BCUT2D eigenvalue weighted by Crippen LogP contribution is -2.26. The molecule has 5 nitrogen and oxygen atoms in total. The highest BCUT2D eigenvalue weighted by molar-refractivity contribution is 5.81. The van der Waals surface area contributed by atoms with Crippen LogP contribution < -0.4 is 0 Å². The van der Waals surface area contributed by atoms with Crippen LogP contribution in [0.15, 0.2) is 12.7 Å². The van der Waals surface area contributed by atoms with Gasteiger partial charge in [-0.2, -0.15) is 0 Å². The molecule has 0 saturated carbocycles. The Labute approximate surface area is 82.9 Å². The third-order valence-corrected chi connectivity index (χ3v) is 1.77. The summed E-state index contributed by atoms with van der Waals surface area (Å²) in [5, 5.41) is 10.5. The van der Waals surface area contributed by atoms with E-state index in [0.717, 1.165) is 18.9 Å². The van der Waals surface area contributed by atoms with E-state index in [1.807, 2.05) is 6.92 Å². The van der Waals surface area contributed by atoms with E-state index in [0.29, 0.717) is 6.42 Å². The first kappa shape index (κ1) is 12.6. The zero-order valence-electron chi connectivity index (χ0n) is 8.27. The van der Waals surface area contributed by atoms with Gasteiger partial charge < -0.3 is 4.74 Å². The summed E-state index contributed by atoms with van der Waals surface area (Å²) in [6, 6.07) is -0.793. The van der Waals surface area contributed by atoms with Gasteiger partial charge in [-0.1, -0.05) is 19.9 Å². The minimum atomic E-state index is -0.793. The van der Waals surface area contributed by atoms with E-state index in [4.69, 9.17) is 0 Å². The lowest BCUT2D eigenvalue weighted by molar-refractivity contribution is -0.526. The fourth-order valence-corrected chi connectivity index (χ4v) is 0.927. The molecule has 0 heterocycles. The topological polar surface area (TPSA) is 69.4 Å². The summed E-state index contributed by atoms with van der Waals surface area (Å²) in [5.74, 6) is -0.617. The van der Waals surface area contributed by atoms with Crippen LogP contribution in [0.1, 0.15) is 26.2 Å². The smallest absolute Gasteiger partial charge is 0.330 e. The Balaban J connectivity index is 3.90. The third kappa shape index (κ3) is 5.29. The van der Waals surface area contributed by atoms with E-state index in [1.165, 1.54) is 0 Å². The quantitative estimate of drug-likeness (QED) is 0.271. The largest absolute Gasteiger partial charge is 0.455 e. The van der Waals surface area contributed by atoms with Crippen LogP contribution in [-0.4, -0.2) is 23.5 Å². The zero-order valence-corrected chi connectivity index (χ0v) is 8.27. The molecule has 0 aromatic carbocycles. The summed E-state index contributed by atoms with van der Waals surface area (Å²) in [4.78, 5) is 20.7. The number of nitro groups is 1. The Morgan fingerprint density at radius 2 is 2.36 bits per heavy atom. The molecular weight excluding hydrogens is 186 g/mol. The van der Waals surface area contributed by atoms with Gasteiger partial charge in [0.15, 0.2) is 6.61 Å². The maximum Gasteiger partial charge on any atom is 0.330 e. The molecule has 0 aromatic heterocycles. The van der Waals surface area contributed by atoms with Gasteiger partial charge in [0.1, 0.15) is 0 Å². The molecule has 5 heteroatoms. The number of rotatable bonds is 7. The number of ether oxygens (including phenoxy) is 1. The number of esters is 1. The van der Waals surface area contributed by atoms with E-state index in [1.54, 1.807) is 0 Å². The molecule has 0 aromatic rings. The molecule has 0 aliphatic rings. The van der Waals surface area contributed by atoms with Crippen molar-refractivity contribution in [2.75, 3.05) is 6.61 Å². The first-order valence-corrected chi connectivity index (χ1v) is 4.54. The van der Waals surface area contributed by atoms with Crippen molar-refractivity contribution < 1.29 is 14.5 Å². The van der Waals surface area contributed by atoms with Gasteiger partial charge in [-0.05, 0) is 6.42 Å². The van der Waals surface area contributed by atoms with E-state index in [2.05, 4.69) is 11.3 Å². The number of unbranched alkanes of at least 4 members (excludes halogenated alkanes) is 1. The summed E-state index contributed by atoms with van der Waals surface area (Å²) in [6.07, 6.45) is 3.09. The van der Waals surface area contributed by atoms with Crippen molar-refractivity contribution in [3.63, 3.8) is 0 Å². The Morgan fingerprint density at radius 1 is 1.71 bits per heavy atom. The van der Waals surface area contributed by atoms with E-state index in [9.17, 15) is 14.9 Å². The monoisotopic (exact) mass is 201 g/mol. The van der Waals surface area contributed by atoms with Crippen molar-refractivity contribution in [1.29, 1.82) is 0 Å². The normalized spacial score (nSPS) is 11.8. The molecule has 0 spiro atoms. The van der Waals surface area contributed by atoms with Crippen LogP contribution in [-0.2, 0) is 9.53 Å². The summed E-state index contributed by atoms with van der Waals surface area (Å²) < 4.78 is 4.61. The molecule has 0 aliphatic heterocycles. The molecule has 1 unspecified atom stereocenters. The maximum atomic E-state index is 10.6. The number of hydrogen-bond acceptors (Lipinski definition) is 4. The predicted molar refractivity (Wildman–Crippen MR) is 51.5 cm³/mol. The van der Waals surface area contributed by atoms with Crippen LogP contribution in [0.3, 0.4) is 0 Å². The highest BCUT2D eigenvalue weighted by Crippen LogP contribution is 2.04. The van der Waals surface area contributed by atoms with Crippen molar-refractivity contribution in [3.8, 4) is 0 Å². The molecule has 0 saturated heterocycles. The fraction of sp³-hybridized carbons (Fsp3) is 0.667. The van der Waals surface area contributed by atoms with E-state index >= 15 is 0 Å². The van der Waals surface area contributed by atoms with Crippen molar-refractivity contribution in [2.24, 2.45) is 0 Å². The number of carbonyl (C=O) groups is 1. The van der Waals surface area contributed by atoms with Crippen LogP contribution >= 0.6 is 0 Å². The average Bonchev–Trinajstić information content (AvgIpc) is 2.16. The van der Waals surface area contributed by atoms with Gasteiger partial charge in [0.2, 0.25) is 6.04 Å². The van der Waals surface area contributed by atoms with Gasteiger partial charge in [0.05, 0.1) is 0 Å². The minimum Gasteiger partial charge on any atom is -0.455 e. The molecule has 0 bridgehead atoms. The second-order valence-electron chi connectivity index (χ2n) is 2.92. The zero-order chi connectivity index (χ0) is 11.0. The molecule has 14 heavy (non-hydrogen) atoms. The fourth-order valence-electron chi connectivity index (χ4n) is 0.927. The van der Waals surface area contributed by atoms with Gasteiger partial charge in [0.25, 0.3) is 0 Å². The summed E-state index contributed by atoms with van der Waals surface area (Å²) >= 11 is 0. The summed E-state index contributed by atoms with van der Waals surface area (Å²) in [5.41, 5.74) is 0. The summed E-state index contributed by atoms with van der Waals surface area (Å²) in [7, 11) is 0. The molecule has 0 aliphatic carbocycles. The van der Waals surface area contributed by atoms with Crippen LogP contribution in [0.25, 0.3) is 0 Å². The predicted octanol–water partition coefficient (Wildman–Crippen LogP) is 1.55. The lowest BCUT2D eigenvalue weighted by atomic mass is 10.1. The lowest BCUT2D eigenvalue weighted by Gasteiger charge is -2.08. The van der Waals surface area contributed by atoms with Crippen molar-refractivity contribution in [1.82, 2.24) is 0 Å². The van der Waals surface area contributed by atoms with E-state index in [-0.39, 0.29) is 6.61 Å². The molecule has 1 atom stereocenters. The summed E-state index contributed by atoms with van der Waals surface area (Å²) in [6.45, 7) is 4.98. The first-order valence-electron chi connectivity index (χ1n) is 4.54. The van der Waals surface area contributed by atoms with E-state index < -0.39 is 16.9 Å². The molecule has 80 valence electrons. The molecule has 0 rings (SSSR count). The SMILES string of the molecule is C=CC(=O)OCC(CCCC)[N+](=O)[O-]. The molecular formula is C9H15NO4. The Hall–Kier alpha value is -1.39. The molecule has 0 fully saturated rings. The average molecular weight is 201 g/mol. The first-order chi connectivity index (χ1) is 6.61. The van der Waals surface area contributed by atoms with Crippen molar-refractivity contribution >= 4 is 5.97 Å². The second-order valence-corrected chi connectivity index (χ2v) is 2.92. The van der Waals surface area contributed by atoms with Crippen LogP contribution in [0, 0.1) is 10.1 Å². The van der Waals surface area contributed by atoms with Crippen molar-refractivity contribution in [2.45, 2.75) is 32.2 Å². The van der Waals surface area contributed by atoms with Gasteiger partial charge in [-0.25, -0.2) is 4.79 Å². The maximum absolute atomic E-state index is 10.6. The Morgan fingerprint density at radius 3 is 2.79 bits per heavy atom. The van der Waals surface area contributed by atoms with Crippen LogP contribution in [0.4, 0.5) is 0 Å². The highest BCUT2D eigenvalue weighted by atomic mass is 16.6. The molecule has 0 N–H and O–H groups in total. The minimum absolute atomic E-state index is 0.169. The van der Waals surface area contributed by atoms with Gasteiger partial charge in [0, 0.05) is 17.4 Å². The molecule has 0 radical (unpaired) electrons. The third-order valence-electron chi connectivity index (χ3n) is 1.77. The number of carbonyl (C=O) groups excluding carboxylic acids is 1. The van der Waals surface area contributed by atoms with Gasteiger partial charge in [-0.3, -0.25) is 10.1 Å². The van der Waals surface area contributed by atoms with Gasteiger partial charge in [-0.15, -0.1) is 0 Å². The molecule has 0 amide bonds. The number of nitrogens with zero attached hydrogens (tertiary/aromatic N) is 1. The standard InChI is InChI=1S/C9H15NO4/c1-3-5-6-8(10(12)13)7-14-9(11)4-2/h4,8H,2-3,5-7H2,1H3. The Bertz CT molecular complexity index is 215. The van der Waals surface area contributed by atoms with Gasteiger partial charge >= 0.3 is 5.97 Å². The Kier molecular flexibility index (Phi) is 6.36. The second kappa shape index (κ2) is 7.06.